The molecule has 0 aromatic heterocycles. The monoisotopic (exact) mass is 312 g/mol. The molecule has 0 heterocycles. The van der Waals surface area contributed by atoms with E-state index in [0.717, 1.165) is 0 Å². The van der Waals surface area contributed by atoms with E-state index in [2.05, 4.69) is 0 Å². The maximum Gasteiger partial charge on any atom is 0.169 e. The lowest BCUT2D eigenvalue weighted by Gasteiger charge is -2.13. The Kier molecular flexibility index (Phi) is 3.94. The molecule has 0 spiro atoms. The van der Waals surface area contributed by atoms with Crippen LogP contribution in [0.25, 0.3) is 0 Å². The molecule has 1 aromatic rings. The Morgan fingerprint density at radius 3 is 2.50 bits per heavy atom. The number of ether oxygens (including phenoxy) is 2. The van der Waals surface area contributed by atoms with Gasteiger partial charge in [0.15, 0.2) is 11.5 Å². The second-order valence-corrected chi connectivity index (χ2v) is 3.71. The smallest absolute Gasteiger partial charge is 0.169 e. The molecule has 0 aliphatic rings. The van der Waals surface area contributed by atoms with Gasteiger partial charge in [0.1, 0.15) is 5.82 Å². The molecule has 1 N–H and O–H groups in total. The Hall–Kier alpha value is -0.560. The standard InChI is InChI=1S/C9H10FIO3/c1-13-7-3-6(11)8(10)5(4-12)9(7)14-2/h3,12H,4H2,1-2H3. The first-order chi connectivity index (χ1) is 6.65. The Morgan fingerprint density at radius 2 is 2.07 bits per heavy atom. The van der Waals surface area contributed by atoms with E-state index in [9.17, 15) is 4.39 Å². The molecule has 0 atom stereocenters. The number of methoxy groups -OCH3 is 2. The van der Waals surface area contributed by atoms with Gasteiger partial charge in [-0.2, -0.15) is 0 Å². The molecular formula is C9H10FIO3. The number of aliphatic hydroxyl groups excluding tert-OH is 1. The third-order valence-electron chi connectivity index (χ3n) is 1.81. The summed E-state index contributed by atoms with van der Waals surface area (Å²) in [5.41, 5.74) is 0.122. The fourth-order valence-electron chi connectivity index (χ4n) is 1.15. The number of benzene rings is 1. The minimum absolute atomic E-state index is 0.122. The minimum atomic E-state index is -0.467. The highest BCUT2D eigenvalue weighted by molar-refractivity contribution is 14.1. The molecular weight excluding hydrogens is 302 g/mol. The van der Waals surface area contributed by atoms with E-state index in [0.29, 0.717) is 9.32 Å². The SMILES string of the molecule is COc1cc(I)c(F)c(CO)c1OC. The summed E-state index contributed by atoms with van der Waals surface area (Å²) in [5, 5.41) is 9.00. The summed E-state index contributed by atoms with van der Waals surface area (Å²) >= 11 is 1.83. The van der Waals surface area contributed by atoms with Gasteiger partial charge in [-0.05, 0) is 22.6 Å². The van der Waals surface area contributed by atoms with Crippen LogP contribution in [0.2, 0.25) is 0 Å². The predicted molar refractivity (Wildman–Crippen MR) is 58.1 cm³/mol. The van der Waals surface area contributed by atoms with Gasteiger partial charge in [-0.1, -0.05) is 0 Å². The first-order valence-electron chi connectivity index (χ1n) is 3.85. The average Bonchev–Trinajstić information content (AvgIpc) is 2.20. The van der Waals surface area contributed by atoms with Gasteiger partial charge in [-0.3, -0.25) is 0 Å². The highest BCUT2D eigenvalue weighted by Crippen LogP contribution is 2.35. The zero-order chi connectivity index (χ0) is 10.7. The molecule has 0 unspecified atom stereocenters. The summed E-state index contributed by atoms with van der Waals surface area (Å²) in [6.07, 6.45) is 0. The van der Waals surface area contributed by atoms with Crippen LogP contribution < -0.4 is 9.47 Å². The van der Waals surface area contributed by atoms with Gasteiger partial charge in [0.2, 0.25) is 0 Å². The van der Waals surface area contributed by atoms with Crippen LogP contribution in [0.5, 0.6) is 11.5 Å². The van der Waals surface area contributed by atoms with E-state index >= 15 is 0 Å². The number of aliphatic hydroxyl groups is 1. The number of rotatable bonds is 3. The molecule has 78 valence electrons. The molecule has 5 heteroatoms. The summed E-state index contributed by atoms with van der Waals surface area (Å²) < 4.78 is 23.8. The fraction of sp³-hybridized carbons (Fsp3) is 0.333. The van der Waals surface area contributed by atoms with Gasteiger partial charge >= 0.3 is 0 Å². The van der Waals surface area contributed by atoms with Crippen molar-refractivity contribution in [3.8, 4) is 11.5 Å². The molecule has 0 aliphatic heterocycles. The highest BCUT2D eigenvalue weighted by atomic mass is 127. The topological polar surface area (TPSA) is 38.7 Å². The van der Waals surface area contributed by atoms with Crippen molar-refractivity contribution in [2.75, 3.05) is 14.2 Å². The van der Waals surface area contributed by atoms with Crippen molar-refractivity contribution in [1.29, 1.82) is 0 Å². The molecule has 0 aliphatic carbocycles. The van der Waals surface area contributed by atoms with Crippen LogP contribution >= 0.6 is 22.6 Å². The second kappa shape index (κ2) is 4.79. The van der Waals surface area contributed by atoms with Gasteiger partial charge in [-0.15, -0.1) is 0 Å². The normalized spacial score (nSPS) is 10.1. The van der Waals surface area contributed by atoms with E-state index < -0.39 is 12.4 Å². The third-order valence-corrected chi connectivity index (χ3v) is 2.60. The van der Waals surface area contributed by atoms with Crippen LogP contribution in [-0.2, 0) is 6.61 Å². The Labute approximate surface area is 95.0 Å². The summed E-state index contributed by atoms with van der Waals surface area (Å²) in [5.74, 6) is 0.195. The lowest BCUT2D eigenvalue weighted by molar-refractivity contribution is 0.262. The van der Waals surface area contributed by atoms with Crippen LogP contribution in [-0.4, -0.2) is 19.3 Å². The van der Waals surface area contributed by atoms with E-state index in [4.69, 9.17) is 14.6 Å². The highest BCUT2D eigenvalue weighted by Gasteiger charge is 2.17. The van der Waals surface area contributed by atoms with Gasteiger partial charge in [0.25, 0.3) is 0 Å². The van der Waals surface area contributed by atoms with Gasteiger partial charge in [0, 0.05) is 6.07 Å². The second-order valence-electron chi connectivity index (χ2n) is 2.54. The molecule has 0 radical (unpaired) electrons. The van der Waals surface area contributed by atoms with Gasteiger partial charge < -0.3 is 14.6 Å². The Morgan fingerprint density at radius 1 is 1.43 bits per heavy atom. The Bertz CT molecular complexity index is 341. The summed E-state index contributed by atoms with van der Waals surface area (Å²) in [7, 11) is 2.87. The molecule has 3 nitrogen and oxygen atoms in total. The zero-order valence-electron chi connectivity index (χ0n) is 7.80. The quantitative estimate of drug-likeness (QED) is 0.867. The molecule has 14 heavy (non-hydrogen) atoms. The Balaban J connectivity index is 3.42. The first kappa shape index (κ1) is 11.5. The van der Waals surface area contributed by atoms with Crippen molar-refractivity contribution in [3.63, 3.8) is 0 Å². The van der Waals surface area contributed by atoms with Crippen LogP contribution in [0, 0.1) is 9.39 Å². The summed E-state index contributed by atoms with van der Waals surface area (Å²) in [6, 6.07) is 1.52. The predicted octanol–water partition coefficient (Wildman–Crippen LogP) is 1.94. The molecule has 0 bridgehead atoms. The average molecular weight is 312 g/mol. The number of halogens is 2. The van der Waals surface area contributed by atoms with Crippen LogP contribution in [0.1, 0.15) is 5.56 Å². The lowest BCUT2D eigenvalue weighted by Crippen LogP contribution is -2.01. The zero-order valence-corrected chi connectivity index (χ0v) is 9.96. The van der Waals surface area contributed by atoms with E-state index in [-0.39, 0.29) is 11.3 Å². The summed E-state index contributed by atoms with van der Waals surface area (Å²) in [4.78, 5) is 0. The van der Waals surface area contributed by atoms with Gasteiger partial charge in [-0.25, -0.2) is 4.39 Å². The molecule has 0 saturated heterocycles. The molecule has 0 amide bonds. The molecule has 1 aromatic carbocycles. The van der Waals surface area contributed by atoms with Crippen molar-refractivity contribution in [1.82, 2.24) is 0 Å². The van der Waals surface area contributed by atoms with E-state index in [1.807, 2.05) is 22.6 Å². The van der Waals surface area contributed by atoms with Crippen LogP contribution in [0.3, 0.4) is 0 Å². The van der Waals surface area contributed by atoms with E-state index in [1.165, 1.54) is 20.3 Å². The van der Waals surface area contributed by atoms with Crippen molar-refractivity contribution < 1.29 is 19.0 Å². The fourth-order valence-corrected chi connectivity index (χ4v) is 1.76. The number of hydrogen-bond donors (Lipinski definition) is 1. The maximum absolute atomic E-state index is 13.5. The largest absolute Gasteiger partial charge is 0.493 e. The van der Waals surface area contributed by atoms with Gasteiger partial charge in [0.05, 0.1) is 30.0 Å². The van der Waals surface area contributed by atoms with Crippen molar-refractivity contribution in [2.24, 2.45) is 0 Å². The minimum Gasteiger partial charge on any atom is -0.493 e. The van der Waals surface area contributed by atoms with E-state index in [1.54, 1.807) is 0 Å². The molecule has 0 fully saturated rings. The van der Waals surface area contributed by atoms with Crippen molar-refractivity contribution >= 4 is 22.6 Å². The lowest BCUT2D eigenvalue weighted by atomic mass is 10.2. The number of hydrogen-bond acceptors (Lipinski definition) is 3. The molecule has 0 saturated carbocycles. The molecule has 1 rings (SSSR count). The van der Waals surface area contributed by atoms with Crippen LogP contribution in [0.15, 0.2) is 6.07 Å². The summed E-state index contributed by atoms with van der Waals surface area (Å²) in [6.45, 7) is -0.414. The maximum atomic E-state index is 13.5. The first-order valence-corrected chi connectivity index (χ1v) is 4.93. The van der Waals surface area contributed by atoms with Crippen molar-refractivity contribution in [2.45, 2.75) is 6.61 Å². The van der Waals surface area contributed by atoms with Crippen LogP contribution in [0.4, 0.5) is 4.39 Å². The third kappa shape index (κ3) is 1.93. The van der Waals surface area contributed by atoms with Crippen molar-refractivity contribution in [3.05, 3.63) is 21.0 Å².